The number of carboxylic acids is 1. The van der Waals surface area contributed by atoms with E-state index in [2.05, 4.69) is 15.5 Å². The largest absolute Gasteiger partial charge is 0.481 e. The van der Waals surface area contributed by atoms with Crippen LogP contribution in [0.25, 0.3) is 0 Å². The Kier molecular flexibility index (Phi) is 8.21. The third-order valence-corrected chi connectivity index (χ3v) is 5.54. The number of hydrogen-bond donors (Lipinski definition) is 3. The molecule has 3 N–H and O–H groups in total. The summed E-state index contributed by atoms with van der Waals surface area (Å²) in [4.78, 5) is 39.7. The summed E-state index contributed by atoms with van der Waals surface area (Å²) in [7, 11) is 0. The Balaban J connectivity index is 1.47. The Hall–Kier alpha value is -3.39. The lowest BCUT2D eigenvalue weighted by Crippen LogP contribution is -2.36. The molecule has 1 fully saturated rings. The fourth-order valence-electron chi connectivity index (χ4n) is 3.69. The number of para-hydroxylation sites is 1. The van der Waals surface area contributed by atoms with E-state index in [4.69, 9.17) is 5.11 Å². The summed E-state index contributed by atoms with van der Waals surface area (Å²) in [5.74, 6) is -0.740. The molecule has 170 valence electrons. The number of carbonyl (C=O) groups is 3. The molecule has 1 aliphatic rings. The number of anilines is 2. The first kappa shape index (κ1) is 23.3. The number of aryl methyl sites for hydroxylation is 1. The fraction of sp³-hybridized carbons (Fsp3) is 0.375. The van der Waals surface area contributed by atoms with Crippen LogP contribution in [0.2, 0.25) is 0 Å². The van der Waals surface area contributed by atoms with Crippen molar-refractivity contribution in [3.05, 3.63) is 59.7 Å². The van der Waals surface area contributed by atoms with Crippen LogP contribution in [-0.2, 0) is 16.0 Å². The van der Waals surface area contributed by atoms with Crippen molar-refractivity contribution in [2.24, 2.45) is 0 Å². The molecule has 3 amide bonds. The minimum Gasteiger partial charge on any atom is -0.481 e. The lowest BCUT2D eigenvalue weighted by atomic mass is 10.1. The van der Waals surface area contributed by atoms with Gasteiger partial charge in [-0.25, -0.2) is 4.79 Å². The molecule has 0 spiro atoms. The van der Waals surface area contributed by atoms with Crippen LogP contribution in [0.4, 0.5) is 16.2 Å². The summed E-state index contributed by atoms with van der Waals surface area (Å²) in [6, 6.07) is 14.5. The van der Waals surface area contributed by atoms with Gasteiger partial charge in [0, 0.05) is 37.6 Å². The topological polar surface area (TPSA) is 102 Å². The second-order valence-electron chi connectivity index (χ2n) is 7.99. The maximum Gasteiger partial charge on any atom is 0.323 e. The third kappa shape index (κ3) is 7.09. The van der Waals surface area contributed by atoms with E-state index >= 15 is 0 Å². The summed E-state index contributed by atoms with van der Waals surface area (Å²) in [5.41, 5.74) is 3.27. The SMILES string of the molecule is Cc1ccccc1NC(=O)Nc1ccc(CC(=O)N2CCCN(CCC(=O)O)CC2)cc1. The maximum absolute atomic E-state index is 12.7. The minimum atomic E-state index is -0.798. The van der Waals surface area contributed by atoms with E-state index in [1.807, 2.05) is 48.2 Å². The normalized spacial score (nSPS) is 14.5. The lowest BCUT2D eigenvalue weighted by Gasteiger charge is -2.21. The van der Waals surface area contributed by atoms with E-state index in [1.165, 1.54) is 0 Å². The Morgan fingerprint density at radius 3 is 2.41 bits per heavy atom. The number of benzene rings is 2. The number of hydrogen-bond acceptors (Lipinski definition) is 4. The van der Waals surface area contributed by atoms with Gasteiger partial charge in [-0.3, -0.25) is 9.59 Å². The van der Waals surface area contributed by atoms with Gasteiger partial charge in [0.1, 0.15) is 0 Å². The van der Waals surface area contributed by atoms with Gasteiger partial charge in [0.25, 0.3) is 0 Å². The van der Waals surface area contributed by atoms with Gasteiger partial charge in [0.2, 0.25) is 5.91 Å². The molecule has 3 rings (SSSR count). The second kappa shape index (κ2) is 11.3. The highest BCUT2D eigenvalue weighted by molar-refractivity contribution is 6.00. The zero-order chi connectivity index (χ0) is 22.9. The molecule has 32 heavy (non-hydrogen) atoms. The van der Waals surface area contributed by atoms with Crippen LogP contribution < -0.4 is 10.6 Å². The van der Waals surface area contributed by atoms with Crippen molar-refractivity contribution in [3.63, 3.8) is 0 Å². The van der Waals surface area contributed by atoms with Crippen LogP contribution in [0.1, 0.15) is 24.0 Å². The Morgan fingerprint density at radius 2 is 1.69 bits per heavy atom. The van der Waals surface area contributed by atoms with Crippen LogP contribution in [0.15, 0.2) is 48.5 Å². The highest BCUT2D eigenvalue weighted by atomic mass is 16.4. The van der Waals surface area contributed by atoms with E-state index < -0.39 is 5.97 Å². The molecule has 2 aromatic carbocycles. The van der Waals surface area contributed by atoms with Gasteiger partial charge < -0.3 is 25.5 Å². The fourth-order valence-corrected chi connectivity index (χ4v) is 3.69. The average Bonchev–Trinajstić information content (AvgIpc) is 3.01. The number of amides is 3. The molecule has 8 nitrogen and oxygen atoms in total. The van der Waals surface area contributed by atoms with E-state index in [1.54, 1.807) is 12.1 Å². The molecule has 2 aromatic rings. The van der Waals surface area contributed by atoms with E-state index in [9.17, 15) is 14.4 Å². The van der Waals surface area contributed by atoms with E-state index in [0.717, 1.165) is 29.8 Å². The van der Waals surface area contributed by atoms with Crippen molar-refractivity contribution in [2.45, 2.75) is 26.2 Å². The van der Waals surface area contributed by atoms with Crippen molar-refractivity contribution in [1.82, 2.24) is 9.80 Å². The first-order chi connectivity index (χ1) is 15.4. The Morgan fingerprint density at radius 1 is 0.938 bits per heavy atom. The van der Waals surface area contributed by atoms with Crippen LogP contribution in [0.5, 0.6) is 0 Å². The summed E-state index contributed by atoms with van der Waals surface area (Å²) in [6.07, 6.45) is 1.26. The van der Waals surface area contributed by atoms with Crippen LogP contribution in [0, 0.1) is 6.92 Å². The number of urea groups is 1. The Bertz CT molecular complexity index is 945. The first-order valence-electron chi connectivity index (χ1n) is 10.9. The minimum absolute atomic E-state index is 0.0584. The van der Waals surface area contributed by atoms with Crippen molar-refractivity contribution in [1.29, 1.82) is 0 Å². The first-order valence-corrected chi connectivity index (χ1v) is 10.9. The predicted molar refractivity (Wildman–Crippen MR) is 124 cm³/mol. The molecule has 0 radical (unpaired) electrons. The maximum atomic E-state index is 12.7. The molecule has 0 saturated carbocycles. The number of nitrogens with zero attached hydrogens (tertiary/aromatic N) is 2. The molecule has 0 aliphatic carbocycles. The van der Waals surface area contributed by atoms with Gasteiger partial charge in [0.05, 0.1) is 12.8 Å². The highest BCUT2D eigenvalue weighted by Gasteiger charge is 2.19. The number of carboxylic acid groups (broad SMARTS) is 1. The molecule has 0 bridgehead atoms. The average molecular weight is 439 g/mol. The van der Waals surface area contributed by atoms with Gasteiger partial charge in [-0.05, 0) is 49.2 Å². The molecule has 1 heterocycles. The summed E-state index contributed by atoms with van der Waals surface area (Å²) < 4.78 is 0. The van der Waals surface area contributed by atoms with Crippen molar-refractivity contribution in [3.8, 4) is 0 Å². The smallest absolute Gasteiger partial charge is 0.323 e. The van der Waals surface area contributed by atoms with Crippen molar-refractivity contribution in [2.75, 3.05) is 43.4 Å². The van der Waals surface area contributed by atoms with Crippen LogP contribution in [-0.4, -0.2) is 65.5 Å². The van der Waals surface area contributed by atoms with Crippen LogP contribution in [0.3, 0.4) is 0 Å². The molecule has 0 aromatic heterocycles. The molecular weight excluding hydrogens is 408 g/mol. The highest BCUT2D eigenvalue weighted by Crippen LogP contribution is 2.15. The number of carbonyl (C=O) groups excluding carboxylic acids is 2. The summed E-state index contributed by atoms with van der Waals surface area (Å²) in [6.45, 7) is 5.24. The summed E-state index contributed by atoms with van der Waals surface area (Å²) in [5, 5.41) is 14.5. The molecule has 1 saturated heterocycles. The second-order valence-corrected chi connectivity index (χ2v) is 7.99. The molecule has 0 unspecified atom stereocenters. The van der Waals surface area contributed by atoms with Gasteiger partial charge in [0.15, 0.2) is 0 Å². The van der Waals surface area contributed by atoms with Crippen molar-refractivity contribution >= 4 is 29.3 Å². The quantitative estimate of drug-likeness (QED) is 0.616. The van der Waals surface area contributed by atoms with E-state index in [0.29, 0.717) is 38.3 Å². The van der Waals surface area contributed by atoms with Crippen molar-refractivity contribution < 1.29 is 19.5 Å². The van der Waals surface area contributed by atoms with Crippen LogP contribution >= 0.6 is 0 Å². The van der Waals surface area contributed by atoms with Gasteiger partial charge >= 0.3 is 12.0 Å². The van der Waals surface area contributed by atoms with Gasteiger partial charge in [-0.15, -0.1) is 0 Å². The Labute approximate surface area is 188 Å². The van der Waals surface area contributed by atoms with E-state index in [-0.39, 0.29) is 18.4 Å². The summed E-state index contributed by atoms with van der Waals surface area (Å²) >= 11 is 0. The molecule has 1 aliphatic heterocycles. The predicted octanol–water partition coefficient (Wildman–Crippen LogP) is 3.19. The molecule has 8 heteroatoms. The molecular formula is C24H30N4O4. The van der Waals surface area contributed by atoms with Gasteiger partial charge in [-0.2, -0.15) is 0 Å². The number of rotatable bonds is 7. The number of aliphatic carboxylic acids is 1. The lowest BCUT2D eigenvalue weighted by molar-refractivity contribution is -0.137. The van der Waals surface area contributed by atoms with Gasteiger partial charge in [-0.1, -0.05) is 30.3 Å². The molecule has 0 atom stereocenters. The zero-order valence-corrected chi connectivity index (χ0v) is 18.3. The monoisotopic (exact) mass is 438 g/mol. The zero-order valence-electron chi connectivity index (χ0n) is 18.3. The number of nitrogens with one attached hydrogen (secondary N) is 2. The standard InChI is InChI=1S/C24H30N4O4/c1-18-5-2-3-6-21(18)26-24(32)25-20-9-7-19(8-10-20)17-22(29)28-13-4-12-27(15-16-28)14-11-23(30)31/h2-3,5-10H,4,11-17H2,1H3,(H,30,31)(H2,25,26,32). The third-order valence-electron chi connectivity index (χ3n) is 5.54.